The Labute approximate surface area is 132 Å². The topological polar surface area (TPSA) is 41.6 Å². The first kappa shape index (κ1) is 13.1. The van der Waals surface area contributed by atoms with E-state index in [0.717, 1.165) is 30.6 Å². The summed E-state index contributed by atoms with van der Waals surface area (Å²) in [7, 11) is 0. The van der Waals surface area contributed by atoms with Gasteiger partial charge in [-0.3, -0.25) is 0 Å². The number of nitrogens with one attached hydrogen (secondary N) is 1. The third-order valence-electron chi connectivity index (χ3n) is 4.14. The van der Waals surface area contributed by atoms with Gasteiger partial charge in [0.15, 0.2) is 5.65 Å². The van der Waals surface area contributed by atoms with Crippen LogP contribution in [0.25, 0.3) is 11.2 Å². The number of nitrogens with zero attached hydrogens (tertiary/aromatic N) is 2. The lowest BCUT2D eigenvalue weighted by Gasteiger charge is -2.22. The lowest BCUT2D eigenvalue weighted by Crippen LogP contribution is -2.13. The van der Waals surface area contributed by atoms with E-state index < -0.39 is 0 Å². The summed E-state index contributed by atoms with van der Waals surface area (Å²) < 4.78 is 0. The quantitative estimate of drug-likeness (QED) is 0.669. The van der Waals surface area contributed by atoms with Crippen molar-refractivity contribution >= 4 is 34.4 Å². The highest BCUT2D eigenvalue weighted by molar-refractivity contribution is 6.41. The number of fused-ring (bicyclic) bond motifs is 2. The molecule has 3 nitrogen and oxygen atoms in total. The number of rotatable bonds is 1. The monoisotopic (exact) mass is 317 g/mol. The maximum Gasteiger partial charge on any atom is 0.179 e. The number of halogens is 2. The van der Waals surface area contributed by atoms with Crippen LogP contribution in [-0.4, -0.2) is 15.0 Å². The Morgan fingerprint density at radius 3 is 2.76 bits per heavy atom. The normalized spacial score (nSPS) is 17.9. The number of hydrogen-bond donors (Lipinski definition) is 1. The highest BCUT2D eigenvalue weighted by Crippen LogP contribution is 2.32. The first-order valence-electron chi connectivity index (χ1n) is 6.99. The van der Waals surface area contributed by atoms with Gasteiger partial charge >= 0.3 is 0 Å². The molecule has 0 spiro atoms. The number of aromatic amines is 1. The molecule has 1 atom stereocenters. The second-order valence-electron chi connectivity index (χ2n) is 5.46. The Morgan fingerprint density at radius 1 is 1.10 bits per heavy atom. The van der Waals surface area contributed by atoms with E-state index in [1.165, 1.54) is 11.1 Å². The van der Waals surface area contributed by atoms with Gasteiger partial charge in [0.2, 0.25) is 0 Å². The van der Waals surface area contributed by atoms with Gasteiger partial charge < -0.3 is 4.98 Å². The summed E-state index contributed by atoms with van der Waals surface area (Å²) in [6.07, 6.45) is 3.20. The molecule has 106 valence electrons. The number of imidazole rings is 1. The zero-order chi connectivity index (χ0) is 14.4. The Hall–Kier alpha value is -1.58. The van der Waals surface area contributed by atoms with Crippen LogP contribution in [0.4, 0.5) is 0 Å². The van der Waals surface area contributed by atoms with E-state index in [9.17, 15) is 0 Å². The molecular formula is C16H13Cl2N3. The molecule has 3 aromatic rings. The summed E-state index contributed by atoms with van der Waals surface area (Å²) in [5.74, 6) is 1.37. The van der Waals surface area contributed by atoms with Gasteiger partial charge in [-0.25, -0.2) is 9.97 Å². The molecule has 0 aliphatic heterocycles. The molecule has 5 heteroatoms. The number of aromatic nitrogens is 3. The van der Waals surface area contributed by atoms with Crippen molar-refractivity contribution in [3.63, 3.8) is 0 Å². The standard InChI is InChI=1S/C16H13Cl2N3/c17-12-8-13-16(20-14(12)18)21-15(19-13)11-6-5-9-3-1-2-4-10(9)7-11/h1-4,8,11H,5-7H2,(H,19,20,21). The Balaban J connectivity index is 1.71. The number of benzene rings is 1. The van der Waals surface area contributed by atoms with E-state index in [1.54, 1.807) is 6.07 Å². The molecule has 1 unspecified atom stereocenters. The van der Waals surface area contributed by atoms with Crippen LogP contribution < -0.4 is 0 Å². The van der Waals surface area contributed by atoms with Gasteiger partial charge in [0.05, 0.1) is 10.5 Å². The fraction of sp³-hybridized carbons (Fsp3) is 0.250. The molecule has 21 heavy (non-hydrogen) atoms. The highest BCUT2D eigenvalue weighted by atomic mass is 35.5. The zero-order valence-corrected chi connectivity index (χ0v) is 12.7. The van der Waals surface area contributed by atoms with Crippen LogP contribution in [0.5, 0.6) is 0 Å². The van der Waals surface area contributed by atoms with Crippen molar-refractivity contribution in [3.8, 4) is 0 Å². The molecule has 2 heterocycles. The minimum absolute atomic E-state index is 0.302. The summed E-state index contributed by atoms with van der Waals surface area (Å²) in [5.41, 5.74) is 4.35. The molecule has 0 radical (unpaired) electrons. The van der Waals surface area contributed by atoms with Crippen molar-refractivity contribution in [3.05, 3.63) is 57.5 Å². The van der Waals surface area contributed by atoms with Crippen LogP contribution in [0.2, 0.25) is 10.2 Å². The van der Waals surface area contributed by atoms with Gasteiger partial charge in [-0.15, -0.1) is 0 Å². The van der Waals surface area contributed by atoms with E-state index in [1.807, 2.05) is 0 Å². The van der Waals surface area contributed by atoms with Gasteiger partial charge in [-0.2, -0.15) is 0 Å². The largest absolute Gasteiger partial charge is 0.340 e. The molecule has 0 saturated heterocycles. The number of pyridine rings is 1. The number of hydrogen-bond acceptors (Lipinski definition) is 2. The lowest BCUT2D eigenvalue weighted by molar-refractivity contribution is 0.561. The average Bonchev–Trinajstić information content (AvgIpc) is 2.90. The molecule has 0 saturated carbocycles. The van der Waals surface area contributed by atoms with Crippen molar-refractivity contribution in [2.24, 2.45) is 0 Å². The Kier molecular flexibility index (Phi) is 3.12. The third-order valence-corrected chi connectivity index (χ3v) is 4.81. The van der Waals surface area contributed by atoms with Crippen LogP contribution in [0.3, 0.4) is 0 Å². The number of H-pyrrole nitrogens is 1. The molecule has 0 fully saturated rings. The second kappa shape index (κ2) is 5.00. The Bertz CT molecular complexity index is 787. The van der Waals surface area contributed by atoms with Gasteiger partial charge in [0.25, 0.3) is 0 Å². The molecule has 0 bridgehead atoms. The zero-order valence-electron chi connectivity index (χ0n) is 11.2. The summed E-state index contributed by atoms with van der Waals surface area (Å²) >= 11 is 12.0. The maximum atomic E-state index is 6.01. The van der Waals surface area contributed by atoms with E-state index in [-0.39, 0.29) is 0 Å². The first-order chi connectivity index (χ1) is 10.2. The van der Waals surface area contributed by atoms with E-state index in [2.05, 4.69) is 39.2 Å². The summed E-state index contributed by atoms with van der Waals surface area (Å²) in [4.78, 5) is 12.2. The van der Waals surface area contributed by atoms with E-state index in [4.69, 9.17) is 23.2 Å². The predicted molar refractivity (Wildman–Crippen MR) is 85.1 cm³/mol. The highest BCUT2D eigenvalue weighted by Gasteiger charge is 2.23. The van der Waals surface area contributed by atoms with Crippen LogP contribution in [-0.2, 0) is 12.8 Å². The van der Waals surface area contributed by atoms with Crippen molar-refractivity contribution < 1.29 is 0 Å². The van der Waals surface area contributed by atoms with Crippen molar-refractivity contribution in [2.45, 2.75) is 25.2 Å². The molecule has 1 aliphatic rings. The van der Waals surface area contributed by atoms with Crippen molar-refractivity contribution in [2.75, 3.05) is 0 Å². The van der Waals surface area contributed by atoms with Gasteiger partial charge in [-0.1, -0.05) is 47.5 Å². The average molecular weight is 318 g/mol. The van der Waals surface area contributed by atoms with Crippen LogP contribution in [0, 0.1) is 0 Å². The molecule has 1 N–H and O–H groups in total. The fourth-order valence-electron chi connectivity index (χ4n) is 3.04. The predicted octanol–water partition coefficient (Wildman–Crippen LogP) is 4.54. The second-order valence-corrected chi connectivity index (χ2v) is 6.23. The van der Waals surface area contributed by atoms with Crippen LogP contribution >= 0.6 is 23.2 Å². The van der Waals surface area contributed by atoms with E-state index >= 15 is 0 Å². The lowest BCUT2D eigenvalue weighted by atomic mass is 9.83. The summed E-state index contributed by atoms with van der Waals surface area (Å²) in [6, 6.07) is 10.4. The van der Waals surface area contributed by atoms with Gasteiger partial charge in [0.1, 0.15) is 11.0 Å². The molecule has 2 aromatic heterocycles. The molecule has 0 amide bonds. The third kappa shape index (κ3) is 2.30. The smallest absolute Gasteiger partial charge is 0.179 e. The van der Waals surface area contributed by atoms with Gasteiger partial charge in [-0.05, 0) is 36.5 Å². The van der Waals surface area contributed by atoms with Gasteiger partial charge in [0, 0.05) is 5.92 Å². The van der Waals surface area contributed by atoms with Crippen LogP contribution in [0.15, 0.2) is 30.3 Å². The fourth-order valence-corrected chi connectivity index (χ4v) is 3.33. The SMILES string of the molecule is Clc1cc2[nH]c(C3CCc4ccccc4C3)nc2nc1Cl. The van der Waals surface area contributed by atoms with Crippen LogP contribution in [0.1, 0.15) is 29.3 Å². The molecular weight excluding hydrogens is 305 g/mol. The number of aryl methyl sites for hydroxylation is 1. The van der Waals surface area contributed by atoms with Crippen molar-refractivity contribution in [1.29, 1.82) is 0 Å². The van der Waals surface area contributed by atoms with Crippen molar-refractivity contribution in [1.82, 2.24) is 15.0 Å². The Morgan fingerprint density at radius 2 is 1.90 bits per heavy atom. The molecule has 1 aliphatic carbocycles. The molecule has 1 aromatic carbocycles. The summed E-state index contributed by atoms with van der Waals surface area (Å²) in [5, 5.41) is 0.754. The summed E-state index contributed by atoms with van der Waals surface area (Å²) in [6.45, 7) is 0. The van der Waals surface area contributed by atoms with E-state index in [0.29, 0.717) is 21.7 Å². The maximum absolute atomic E-state index is 6.01. The molecule has 4 rings (SSSR count). The minimum Gasteiger partial charge on any atom is -0.340 e. The first-order valence-corrected chi connectivity index (χ1v) is 7.75. The minimum atomic E-state index is 0.302.